The zero-order chi connectivity index (χ0) is 16.1. The number of anilines is 1. The number of thiophene rings is 1. The number of hydrogen-bond acceptors (Lipinski definition) is 5. The van der Waals surface area contributed by atoms with Crippen molar-refractivity contribution in [3.63, 3.8) is 0 Å². The molecule has 2 aromatic heterocycles. The summed E-state index contributed by atoms with van der Waals surface area (Å²) in [6, 6.07) is 10.8. The molecule has 0 aliphatic heterocycles. The highest BCUT2D eigenvalue weighted by molar-refractivity contribution is 7.12. The molecule has 3 aromatic rings. The molecule has 0 atom stereocenters. The number of benzene rings is 1. The van der Waals surface area contributed by atoms with Crippen LogP contribution in [0.4, 0.5) is 5.95 Å². The molecule has 2 heterocycles. The van der Waals surface area contributed by atoms with Crippen molar-refractivity contribution in [3.8, 4) is 0 Å². The summed E-state index contributed by atoms with van der Waals surface area (Å²) >= 11 is 1.42. The number of para-hydroxylation sites is 1. The van der Waals surface area contributed by atoms with Gasteiger partial charge in [-0.25, -0.2) is 4.98 Å². The molecule has 0 bridgehead atoms. The lowest BCUT2D eigenvalue weighted by Crippen LogP contribution is -2.25. The number of carbonyl (C=O) groups excluding carboxylic acids is 1. The number of rotatable bonds is 6. The predicted octanol–water partition coefficient (Wildman–Crippen LogP) is 2.22. The van der Waals surface area contributed by atoms with Crippen molar-refractivity contribution in [2.45, 2.75) is 6.42 Å². The van der Waals surface area contributed by atoms with E-state index in [1.807, 2.05) is 23.6 Å². The molecule has 0 unspecified atom stereocenters. The minimum absolute atomic E-state index is 0.0581. The van der Waals surface area contributed by atoms with E-state index < -0.39 is 0 Å². The number of amides is 1. The first-order valence-corrected chi connectivity index (χ1v) is 8.16. The fraction of sp³-hybridized carbons (Fsp3) is 0.188. The zero-order valence-electron chi connectivity index (χ0n) is 12.3. The van der Waals surface area contributed by atoms with Crippen LogP contribution in [0.15, 0.2) is 46.6 Å². The number of carbonyl (C=O) groups is 1. The first-order valence-electron chi connectivity index (χ1n) is 7.29. The Balaban J connectivity index is 1.49. The summed E-state index contributed by atoms with van der Waals surface area (Å²) in [6.45, 7) is 1.16. The van der Waals surface area contributed by atoms with Crippen LogP contribution in [0.1, 0.15) is 16.1 Å². The molecule has 0 aliphatic rings. The second kappa shape index (κ2) is 7.06. The molecule has 0 fully saturated rings. The molecule has 3 rings (SSSR count). The molecule has 0 saturated heterocycles. The maximum absolute atomic E-state index is 11.9. The van der Waals surface area contributed by atoms with Gasteiger partial charge in [0.25, 0.3) is 11.5 Å². The largest absolute Gasteiger partial charge is 0.356 e. The topological polar surface area (TPSA) is 86.9 Å². The van der Waals surface area contributed by atoms with Crippen LogP contribution in [0.25, 0.3) is 10.9 Å². The van der Waals surface area contributed by atoms with Gasteiger partial charge in [-0.15, -0.1) is 11.3 Å². The van der Waals surface area contributed by atoms with E-state index in [2.05, 4.69) is 20.6 Å². The van der Waals surface area contributed by atoms with Gasteiger partial charge in [0.05, 0.1) is 15.8 Å². The Kier molecular flexibility index (Phi) is 4.68. The van der Waals surface area contributed by atoms with Crippen molar-refractivity contribution >= 4 is 34.1 Å². The monoisotopic (exact) mass is 328 g/mol. The van der Waals surface area contributed by atoms with Gasteiger partial charge in [-0.1, -0.05) is 18.2 Å². The van der Waals surface area contributed by atoms with Gasteiger partial charge in [-0.05, 0) is 30.0 Å². The van der Waals surface area contributed by atoms with Crippen LogP contribution < -0.4 is 16.2 Å². The van der Waals surface area contributed by atoms with Gasteiger partial charge < -0.3 is 10.6 Å². The number of nitrogens with zero attached hydrogens (tertiary/aromatic N) is 1. The van der Waals surface area contributed by atoms with E-state index in [1.54, 1.807) is 18.2 Å². The minimum Gasteiger partial charge on any atom is -0.356 e. The summed E-state index contributed by atoms with van der Waals surface area (Å²) in [6.07, 6.45) is 0.730. The van der Waals surface area contributed by atoms with Crippen molar-refractivity contribution in [2.75, 3.05) is 18.4 Å². The third-order valence-electron chi connectivity index (χ3n) is 3.29. The van der Waals surface area contributed by atoms with Gasteiger partial charge in [0.15, 0.2) is 0 Å². The van der Waals surface area contributed by atoms with Crippen LogP contribution in [-0.2, 0) is 0 Å². The average molecular weight is 328 g/mol. The highest BCUT2D eigenvalue weighted by Crippen LogP contribution is 2.08. The molecule has 0 aliphatic carbocycles. The Bertz CT molecular complexity index is 858. The molecule has 6 nitrogen and oxygen atoms in total. The summed E-state index contributed by atoms with van der Waals surface area (Å²) < 4.78 is 0. The van der Waals surface area contributed by atoms with Crippen LogP contribution in [0.3, 0.4) is 0 Å². The molecule has 0 radical (unpaired) electrons. The summed E-state index contributed by atoms with van der Waals surface area (Å²) in [5, 5.41) is 8.37. The Morgan fingerprint density at radius 2 is 2.04 bits per heavy atom. The smallest absolute Gasteiger partial charge is 0.261 e. The second-order valence-electron chi connectivity index (χ2n) is 4.95. The van der Waals surface area contributed by atoms with Gasteiger partial charge in [-0.3, -0.25) is 14.6 Å². The van der Waals surface area contributed by atoms with E-state index >= 15 is 0 Å². The van der Waals surface area contributed by atoms with E-state index in [1.165, 1.54) is 11.3 Å². The Hall–Kier alpha value is -2.67. The molecule has 1 aromatic carbocycles. The van der Waals surface area contributed by atoms with Crippen molar-refractivity contribution in [1.82, 2.24) is 15.3 Å². The summed E-state index contributed by atoms with van der Waals surface area (Å²) in [4.78, 5) is 31.4. The van der Waals surface area contributed by atoms with E-state index in [9.17, 15) is 9.59 Å². The van der Waals surface area contributed by atoms with Gasteiger partial charge in [-0.2, -0.15) is 0 Å². The first-order chi connectivity index (χ1) is 11.2. The van der Waals surface area contributed by atoms with Gasteiger partial charge in [0.2, 0.25) is 5.95 Å². The third kappa shape index (κ3) is 3.75. The molecule has 118 valence electrons. The lowest BCUT2D eigenvalue weighted by molar-refractivity contribution is 0.0957. The quantitative estimate of drug-likeness (QED) is 0.606. The molecular weight excluding hydrogens is 312 g/mol. The number of fused-ring (bicyclic) bond motifs is 1. The van der Waals surface area contributed by atoms with E-state index in [4.69, 9.17) is 0 Å². The van der Waals surface area contributed by atoms with Crippen LogP contribution in [0, 0.1) is 0 Å². The van der Waals surface area contributed by atoms with Gasteiger partial charge in [0.1, 0.15) is 0 Å². The van der Waals surface area contributed by atoms with E-state index in [-0.39, 0.29) is 11.5 Å². The van der Waals surface area contributed by atoms with Crippen molar-refractivity contribution in [3.05, 3.63) is 57.0 Å². The maximum Gasteiger partial charge on any atom is 0.261 e. The van der Waals surface area contributed by atoms with E-state index in [0.29, 0.717) is 34.8 Å². The van der Waals surface area contributed by atoms with Crippen molar-refractivity contribution < 1.29 is 4.79 Å². The summed E-state index contributed by atoms with van der Waals surface area (Å²) in [7, 11) is 0. The van der Waals surface area contributed by atoms with Crippen LogP contribution >= 0.6 is 11.3 Å². The standard InChI is InChI=1S/C16H16N4O2S/c21-14-11-5-1-2-6-12(11)19-16(20-14)18-9-4-8-17-15(22)13-7-3-10-23-13/h1-3,5-7,10H,4,8-9H2,(H,17,22)(H2,18,19,20,21). The summed E-state index contributed by atoms with van der Waals surface area (Å²) in [5.41, 5.74) is 0.494. The fourth-order valence-electron chi connectivity index (χ4n) is 2.16. The Labute approximate surface area is 136 Å². The molecule has 1 amide bonds. The summed E-state index contributed by atoms with van der Waals surface area (Å²) in [5.74, 6) is 0.385. The predicted molar refractivity (Wildman–Crippen MR) is 92.1 cm³/mol. The van der Waals surface area contributed by atoms with Gasteiger partial charge >= 0.3 is 0 Å². The van der Waals surface area contributed by atoms with Crippen LogP contribution in [0.2, 0.25) is 0 Å². The van der Waals surface area contributed by atoms with Crippen LogP contribution in [0.5, 0.6) is 0 Å². The first kappa shape index (κ1) is 15.2. The fourth-order valence-corrected chi connectivity index (χ4v) is 2.80. The SMILES string of the molecule is O=C(NCCCNc1nc2ccccc2c(=O)[nH]1)c1cccs1. The molecule has 0 spiro atoms. The molecule has 23 heavy (non-hydrogen) atoms. The number of aromatic amines is 1. The lowest BCUT2D eigenvalue weighted by Gasteiger charge is -2.07. The highest BCUT2D eigenvalue weighted by atomic mass is 32.1. The minimum atomic E-state index is -0.163. The van der Waals surface area contributed by atoms with E-state index in [0.717, 1.165) is 6.42 Å². The normalized spacial score (nSPS) is 10.6. The maximum atomic E-state index is 11.9. The third-order valence-corrected chi connectivity index (χ3v) is 4.16. The average Bonchev–Trinajstić information content (AvgIpc) is 3.09. The van der Waals surface area contributed by atoms with Gasteiger partial charge in [0, 0.05) is 13.1 Å². The van der Waals surface area contributed by atoms with Crippen molar-refractivity contribution in [2.24, 2.45) is 0 Å². The second-order valence-corrected chi connectivity index (χ2v) is 5.89. The number of nitrogens with one attached hydrogen (secondary N) is 3. The molecule has 0 saturated carbocycles. The molecule has 7 heteroatoms. The zero-order valence-corrected chi connectivity index (χ0v) is 13.2. The number of aromatic nitrogens is 2. The number of hydrogen-bond donors (Lipinski definition) is 3. The van der Waals surface area contributed by atoms with Crippen molar-refractivity contribution in [1.29, 1.82) is 0 Å². The lowest BCUT2D eigenvalue weighted by atomic mass is 10.2. The highest BCUT2D eigenvalue weighted by Gasteiger charge is 2.05. The molecule has 3 N–H and O–H groups in total. The van der Waals surface area contributed by atoms with Crippen LogP contribution in [-0.4, -0.2) is 29.0 Å². The Morgan fingerprint density at radius 1 is 1.17 bits per heavy atom. The molecular formula is C16H16N4O2S. The number of H-pyrrole nitrogens is 1. The Morgan fingerprint density at radius 3 is 2.87 bits per heavy atom.